The van der Waals surface area contributed by atoms with E-state index in [2.05, 4.69) is 45.9 Å². The predicted octanol–water partition coefficient (Wildman–Crippen LogP) is 4.95. The van der Waals surface area contributed by atoms with Crippen molar-refractivity contribution in [3.05, 3.63) is 66.3 Å². The van der Waals surface area contributed by atoms with Crippen molar-refractivity contribution in [3.63, 3.8) is 0 Å². The zero-order valence-electron chi connectivity index (χ0n) is 16.0. The molecule has 0 heterocycles. The maximum absolute atomic E-state index is 6.83. The Bertz CT molecular complexity index is 464. The van der Waals surface area contributed by atoms with Crippen LogP contribution in [0.15, 0.2) is 47.1 Å². The standard InChI is InChI=1S/C9H13.C6H7Si.C4H10N.CH3.Ti/c1-6-5-7(2)9(4)8(6)3;7-6-4-2-1-3-5-6;1-3-4(2)5;;/h6H,1-4H3;1-5H,7H2;4-5H,3H2,1-2H3;1H3;/q-1;;2*-1;+3. The van der Waals surface area contributed by atoms with Gasteiger partial charge in [0.1, 0.15) is 0 Å². The first-order valence-corrected chi connectivity index (χ1v) is 8.36. The molecule has 0 amide bonds. The zero-order valence-corrected chi connectivity index (χ0v) is 18.9. The molecule has 0 spiro atoms. The average molecular weight is 363 g/mol. The van der Waals surface area contributed by atoms with E-state index in [1.165, 1.54) is 21.9 Å². The molecule has 2 radical (unpaired) electrons. The predicted molar refractivity (Wildman–Crippen MR) is 105 cm³/mol. The Balaban J connectivity index is -0.000000261. The van der Waals surface area contributed by atoms with Gasteiger partial charge >= 0.3 is 21.7 Å². The van der Waals surface area contributed by atoms with Crippen molar-refractivity contribution >= 4 is 15.4 Å². The van der Waals surface area contributed by atoms with Gasteiger partial charge in [-0.05, 0) is 0 Å². The number of hydrogen-bond donors (Lipinski definition) is 0. The summed E-state index contributed by atoms with van der Waals surface area (Å²) in [5, 5.41) is 1.35. The Kier molecular flexibility index (Phi) is 18.1. The molecule has 3 heteroatoms. The van der Waals surface area contributed by atoms with E-state index in [4.69, 9.17) is 5.73 Å². The molecule has 1 aliphatic carbocycles. The number of allylic oxidation sites excluding steroid dienone is 4. The van der Waals surface area contributed by atoms with E-state index < -0.39 is 0 Å². The molecule has 0 saturated heterocycles. The molecular formula is C20H33NSiTi. The van der Waals surface area contributed by atoms with Crippen LogP contribution in [0.5, 0.6) is 0 Å². The fraction of sp³-hybridized carbons (Fsp3) is 0.450. The zero-order chi connectivity index (χ0) is 16.4. The van der Waals surface area contributed by atoms with Crippen LogP contribution in [0.1, 0.15) is 48.0 Å². The summed E-state index contributed by atoms with van der Waals surface area (Å²) >= 11 is 0. The molecule has 1 nitrogen and oxygen atoms in total. The van der Waals surface area contributed by atoms with Gasteiger partial charge in [-0.3, -0.25) is 6.08 Å². The van der Waals surface area contributed by atoms with Gasteiger partial charge < -0.3 is 13.2 Å². The topological polar surface area (TPSA) is 23.8 Å². The summed E-state index contributed by atoms with van der Waals surface area (Å²) in [7, 11) is 1.90. The first-order chi connectivity index (χ1) is 9.79. The second-order valence-corrected chi connectivity index (χ2v) is 6.41. The van der Waals surface area contributed by atoms with E-state index >= 15 is 0 Å². The van der Waals surface area contributed by atoms with Crippen LogP contribution in [0, 0.1) is 19.4 Å². The largest absolute Gasteiger partial charge is 3.00 e. The molecule has 23 heavy (non-hydrogen) atoms. The third-order valence-corrected chi connectivity index (χ3v) is 4.16. The van der Waals surface area contributed by atoms with Crippen LogP contribution in [0.2, 0.25) is 0 Å². The third kappa shape index (κ3) is 12.7. The van der Waals surface area contributed by atoms with Gasteiger partial charge in [0.05, 0.1) is 0 Å². The summed E-state index contributed by atoms with van der Waals surface area (Å²) in [4.78, 5) is 0. The molecule has 0 bridgehead atoms. The molecule has 2 atom stereocenters. The van der Waals surface area contributed by atoms with Crippen LogP contribution < -0.4 is 5.19 Å². The summed E-state index contributed by atoms with van der Waals surface area (Å²) in [6.07, 6.45) is 4.33. The Morgan fingerprint density at radius 1 is 1.17 bits per heavy atom. The van der Waals surface area contributed by atoms with E-state index in [9.17, 15) is 0 Å². The van der Waals surface area contributed by atoms with Crippen LogP contribution in [-0.4, -0.2) is 16.3 Å². The van der Waals surface area contributed by atoms with Gasteiger partial charge in [0.25, 0.3) is 0 Å². The average Bonchev–Trinajstić information content (AvgIpc) is 2.67. The summed E-state index contributed by atoms with van der Waals surface area (Å²) in [6, 6.07) is 10.4. The van der Waals surface area contributed by atoms with Crippen molar-refractivity contribution in [3.8, 4) is 0 Å². The SMILES string of the molecule is CC1=[C-]C(C)C(C)=C1C.CCC(C)[NH-].[CH3-].[SiH2]c1ccccc1.[Ti+3]. The van der Waals surface area contributed by atoms with Crippen LogP contribution in [0.25, 0.3) is 5.73 Å². The van der Waals surface area contributed by atoms with Crippen molar-refractivity contribution in [2.75, 3.05) is 0 Å². The second-order valence-electron chi connectivity index (χ2n) is 5.59. The Morgan fingerprint density at radius 3 is 1.74 bits per heavy atom. The minimum atomic E-state index is 0. The Labute approximate surface area is 163 Å². The van der Waals surface area contributed by atoms with Gasteiger partial charge in [0.15, 0.2) is 0 Å². The van der Waals surface area contributed by atoms with Gasteiger partial charge in [-0.2, -0.15) is 11.1 Å². The summed E-state index contributed by atoms with van der Waals surface area (Å²) in [5.74, 6) is 0.560. The molecule has 1 aliphatic rings. The summed E-state index contributed by atoms with van der Waals surface area (Å²) < 4.78 is 0. The fourth-order valence-corrected chi connectivity index (χ4v) is 1.91. The van der Waals surface area contributed by atoms with Crippen LogP contribution in [0.4, 0.5) is 0 Å². The van der Waals surface area contributed by atoms with Crippen LogP contribution in [-0.2, 0) is 21.7 Å². The van der Waals surface area contributed by atoms with Crippen molar-refractivity contribution in [2.24, 2.45) is 5.92 Å². The number of rotatable bonds is 1. The smallest absolute Gasteiger partial charge is 0.675 e. The van der Waals surface area contributed by atoms with Gasteiger partial charge in [-0.1, -0.05) is 82.5 Å². The van der Waals surface area contributed by atoms with E-state index in [-0.39, 0.29) is 35.2 Å². The quantitative estimate of drug-likeness (QED) is 0.498. The Hall–Kier alpha value is -0.409. The Morgan fingerprint density at radius 2 is 1.61 bits per heavy atom. The van der Waals surface area contributed by atoms with Gasteiger partial charge in [-0.25, -0.2) is 5.57 Å². The normalized spacial score (nSPS) is 16.5. The molecule has 0 aromatic heterocycles. The van der Waals surface area contributed by atoms with Crippen molar-refractivity contribution in [1.29, 1.82) is 0 Å². The minimum Gasteiger partial charge on any atom is -0.675 e. The van der Waals surface area contributed by atoms with Crippen LogP contribution in [0.3, 0.4) is 0 Å². The minimum absolute atomic E-state index is 0. The van der Waals surface area contributed by atoms with E-state index in [1.54, 1.807) is 0 Å². The van der Waals surface area contributed by atoms with Crippen molar-refractivity contribution in [1.82, 2.24) is 0 Å². The summed E-state index contributed by atoms with van der Waals surface area (Å²) in [5.41, 5.74) is 11.1. The monoisotopic (exact) mass is 363 g/mol. The van der Waals surface area contributed by atoms with Crippen molar-refractivity contribution < 1.29 is 21.7 Å². The molecule has 126 valence electrons. The van der Waals surface area contributed by atoms with Gasteiger partial charge in [0.2, 0.25) is 0 Å². The third-order valence-electron chi connectivity index (χ3n) is 3.69. The van der Waals surface area contributed by atoms with Gasteiger partial charge in [-0.15, -0.1) is 13.0 Å². The number of hydrogen-bond acceptors (Lipinski definition) is 0. The van der Waals surface area contributed by atoms with E-state index in [0.717, 1.165) is 6.42 Å². The molecule has 0 fully saturated rings. The van der Waals surface area contributed by atoms with Crippen molar-refractivity contribution in [2.45, 2.75) is 54.0 Å². The number of nitrogens with one attached hydrogen (secondary N) is 1. The van der Waals surface area contributed by atoms with E-state index in [1.807, 2.05) is 42.3 Å². The summed E-state index contributed by atoms with van der Waals surface area (Å²) in [6.45, 7) is 12.6. The van der Waals surface area contributed by atoms with E-state index in [0.29, 0.717) is 5.92 Å². The molecule has 0 aliphatic heterocycles. The second kappa shape index (κ2) is 15.1. The van der Waals surface area contributed by atoms with Crippen LogP contribution >= 0.6 is 0 Å². The molecule has 1 N–H and O–H groups in total. The first kappa shape index (κ1) is 27.4. The molecule has 1 aromatic rings. The molecule has 1 aromatic carbocycles. The molecule has 2 unspecified atom stereocenters. The maximum atomic E-state index is 6.83. The molecule has 2 rings (SSSR count). The molecule has 0 saturated carbocycles. The maximum Gasteiger partial charge on any atom is 3.00 e. The molecular weight excluding hydrogens is 330 g/mol. The first-order valence-electron chi connectivity index (χ1n) is 7.65. The fourth-order valence-electron chi connectivity index (χ4n) is 1.64. The van der Waals surface area contributed by atoms with Gasteiger partial charge in [0, 0.05) is 10.2 Å². The number of benzene rings is 1.